The topological polar surface area (TPSA) is 51.1 Å². The standard InChI is InChI=1S/C19H24N2O3/c1-19(2)16(13-9-10-23-17(13)19)21(3)18(22)14-11-15(24-20-14)12-7-5-4-6-8-12/h4-8,13,15-17H,9-11H2,1-3H3. The molecule has 1 saturated heterocycles. The van der Waals surface area contributed by atoms with Gasteiger partial charge in [-0.25, -0.2) is 0 Å². The molecule has 0 N–H and O–H groups in total. The maximum Gasteiger partial charge on any atom is 0.271 e. The molecule has 0 radical (unpaired) electrons. The summed E-state index contributed by atoms with van der Waals surface area (Å²) in [5.74, 6) is 0.429. The van der Waals surface area contributed by atoms with E-state index in [4.69, 9.17) is 9.57 Å². The van der Waals surface area contributed by atoms with Crippen LogP contribution in [-0.4, -0.2) is 42.3 Å². The molecule has 2 fully saturated rings. The van der Waals surface area contributed by atoms with Crippen molar-refractivity contribution in [3.05, 3.63) is 35.9 Å². The monoisotopic (exact) mass is 328 g/mol. The van der Waals surface area contributed by atoms with E-state index in [1.807, 2.05) is 42.3 Å². The summed E-state index contributed by atoms with van der Waals surface area (Å²) in [6.45, 7) is 5.18. The Morgan fingerprint density at radius 3 is 2.79 bits per heavy atom. The maximum absolute atomic E-state index is 12.9. The van der Waals surface area contributed by atoms with Crippen molar-refractivity contribution in [3.8, 4) is 0 Å². The predicted octanol–water partition coefficient (Wildman–Crippen LogP) is 2.78. The molecule has 2 aliphatic heterocycles. The summed E-state index contributed by atoms with van der Waals surface area (Å²) in [5.41, 5.74) is 1.56. The number of carbonyl (C=O) groups is 1. The lowest BCUT2D eigenvalue weighted by Crippen LogP contribution is -2.67. The van der Waals surface area contributed by atoms with Gasteiger partial charge in [0.05, 0.1) is 6.10 Å². The Labute approximate surface area is 142 Å². The van der Waals surface area contributed by atoms with Crippen LogP contribution in [0.1, 0.15) is 38.4 Å². The van der Waals surface area contributed by atoms with Gasteiger partial charge in [-0.2, -0.15) is 0 Å². The molecule has 4 atom stereocenters. The van der Waals surface area contributed by atoms with Gasteiger partial charge in [-0.3, -0.25) is 4.79 Å². The molecule has 1 aromatic carbocycles. The largest absolute Gasteiger partial charge is 0.387 e. The van der Waals surface area contributed by atoms with Gasteiger partial charge in [0.25, 0.3) is 5.91 Å². The molecule has 0 spiro atoms. The van der Waals surface area contributed by atoms with Crippen LogP contribution in [0.4, 0.5) is 0 Å². The molecule has 5 nitrogen and oxygen atoms in total. The zero-order valence-corrected chi connectivity index (χ0v) is 14.4. The van der Waals surface area contributed by atoms with Crippen LogP contribution >= 0.6 is 0 Å². The van der Waals surface area contributed by atoms with Gasteiger partial charge in [-0.05, 0) is 12.0 Å². The highest BCUT2D eigenvalue weighted by molar-refractivity contribution is 6.39. The summed E-state index contributed by atoms with van der Waals surface area (Å²) in [6, 6.07) is 10.1. The molecule has 2 heterocycles. The Balaban J connectivity index is 1.45. The van der Waals surface area contributed by atoms with Crippen LogP contribution < -0.4 is 0 Å². The molecule has 24 heavy (non-hydrogen) atoms. The van der Waals surface area contributed by atoms with Gasteiger partial charge in [0.1, 0.15) is 5.71 Å². The van der Waals surface area contributed by atoms with Gasteiger partial charge in [0, 0.05) is 37.5 Å². The van der Waals surface area contributed by atoms with E-state index in [0.717, 1.165) is 18.6 Å². The Kier molecular flexibility index (Phi) is 3.64. The quantitative estimate of drug-likeness (QED) is 0.857. The van der Waals surface area contributed by atoms with Crippen LogP contribution in [0, 0.1) is 11.3 Å². The molecule has 1 saturated carbocycles. The average Bonchev–Trinajstić information content (AvgIpc) is 3.23. The minimum absolute atomic E-state index is 0.00949. The second kappa shape index (κ2) is 5.59. The Hall–Kier alpha value is -1.88. The van der Waals surface area contributed by atoms with Crippen molar-refractivity contribution >= 4 is 11.6 Å². The molecular formula is C19H24N2O3. The number of carbonyl (C=O) groups excluding carboxylic acids is 1. The molecule has 3 aliphatic rings. The summed E-state index contributed by atoms with van der Waals surface area (Å²) in [6.07, 6.45) is 1.68. The van der Waals surface area contributed by atoms with Crippen LogP contribution in [0.5, 0.6) is 0 Å². The second-order valence-corrected chi connectivity index (χ2v) is 7.67. The number of benzene rings is 1. The van der Waals surface area contributed by atoms with E-state index >= 15 is 0 Å². The van der Waals surface area contributed by atoms with E-state index in [1.54, 1.807) is 0 Å². The number of oxime groups is 1. The van der Waals surface area contributed by atoms with Crippen molar-refractivity contribution in [1.29, 1.82) is 0 Å². The fourth-order valence-corrected chi connectivity index (χ4v) is 4.76. The van der Waals surface area contributed by atoms with Crippen LogP contribution in [0.15, 0.2) is 35.5 Å². The van der Waals surface area contributed by atoms with Crippen molar-refractivity contribution in [2.45, 2.75) is 44.9 Å². The lowest BCUT2D eigenvalue weighted by molar-refractivity contribution is -0.162. The summed E-state index contributed by atoms with van der Waals surface area (Å²) in [5, 5.41) is 4.08. The van der Waals surface area contributed by atoms with Crippen LogP contribution in [0.3, 0.4) is 0 Å². The first-order valence-corrected chi connectivity index (χ1v) is 8.66. The van der Waals surface area contributed by atoms with E-state index in [1.165, 1.54) is 0 Å². The van der Waals surface area contributed by atoms with Crippen molar-refractivity contribution in [2.75, 3.05) is 13.7 Å². The van der Waals surface area contributed by atoms with Crippen molar-refractivity contribution in [3.63, 3.8) is 0 Å². The molecular weight excluding hydrogens is 304 g/mol. The molecule has 128 valence electrons. The minimum atomic E-state index is -0.157. The number of hydrogen-bond acceptors (Lipinski definition) is 4. The van der Waals surface area contributed by atoms with Crippen molar-refractivity contribution < 1.29 is 14.4 Å². The second-order valence-electron chi connectivity index (χ2n) is 7.67. The van der Waals surface area contributed by atoms with Gasteiger partial charge in [-0.15, -0.1) is 0 Å². The third-order valence-electron chi connectivity index (χ3n) is 5.86. The summed E-state index contributed by atoms with van der Waals surface area (Å²) >= 11 is 0. The van der Waals surface area contributed by atoms with E-state index < -0.39 is 0 Å². The zero-order chi connectivity index (χ0) is 16.9. The third-order valence-corrected chi connectivity index (χ3v) is 5.86. The molecule has 4 unspecified atom stereocenters. The fraction of sp³-hybridized carbons (Fsp3) is 0.579. The molecule has 0 aromatic heterocycles. The number of rotatable bonds is 3. The summed E-state index contributed by atoms with van der Waals surface area (Å²) in [7, 11) is 1.89. The van der Waals surface area contributed by atoms with E-state index in [9.17, 15) is 4.79 Å². The van der Waals surface area contributed by atoms with Gasteiger partial charge >= 0.3 is 0 Å². The van der Waals surface area contributed by atoms with Crippen LogP contribution in [0.25, 0.3) is 0 Å². The van der Waals surface area contributed by atoms with Gasteiger partial charge in [0.15, 0.2) is 6.10 Å². The Bertz CT molecular complexity index is 670. The average molecular weight is 328 g/mol. The Morgan fingerprint density at radius 1 is 1.29 bits per heavy atom. The first kappa shape index (κ1) is 15.6. The summed E-state index contributed by atoms with van der Waals surface area (Å²) < 4.78 is 5.83. The van der Waals surface area contributed by atoms with Gasteiger partial charge < -0.3 is 14.5 Å². The zero-order valence-electron chi connectivity index (χ0n) is 14.4. The van der Waals surface area contributed by atoms with Crippen LogP contribution in [0.2, 0.25) is 0 Å². The fourth-order valence-electron chi connectivity index (χ4n) is 4.76. The number of nitrogens with zero attached hydrogens (tertiary/aromatic N) is 2. The number of amides is 1. The Morgan fingerprint density at radius 2 is 2.04 bits per heavy atom. The number of ether oxygens (including phenoxy) is 1. The normalized spacial score (nSPS) is 33.2. The molecule has 1 aromatic rings. The highest BCUT2D eigenvalue weighted by Crippen LogP contribution is 2.54. The number of hydrogen-bond donors (Lipinski definition) is 0. The van der Waals surface area contributed by atoms with Crippen LogP contribution in [-0.2, 0) is 14.4 Å². The molecule has 1 aliphatic carbocycles. The minimum Gasteiger partial charge on any atom is -0.387 e. The van der Waals surface area contributed by atoms with Crippen molar-refractivity contribution in [2.24, 2.45) is 16.5 Å². The summed E-state index contributed by atoms with van der Waals surface area (Å²) in [4.78, 5) is 20.3. The maximum atomic E-state index is 12.9. The molecule has 4 rings (SSSR count). The SMILES string of the molecule is CN(C(=O)C1=NOC(c2ccccc2)C1)C1C2CCOC2C1(C)C. The molecule has 0 bridgehead atoms. The third kappa shape index (κ3) is 2.25. The number of fused-ring (bicyclic) bond motifs is 1. The van der Waals surface area contributed by atoms with E-state index in [0.29, 0.717) is 18.1 Å². The van der Waals surface area contributed by atoms with Crippen molar-refractivity contribution in [1.82, 2.24) is 4.90 Å². The van der Waals surface area contributed by atoms with Gasteiger partial charge in [0.2, 0.25) is 0 Å². The lowest BCUT2D eigenvalue weighted by Gasteiger charge is -2.57. The molecule has 1 amide bonds. The highest BCUT2D eigenvalue weighted by Gasteiger charge is 2.61. The highest BCUT2D eigenvalue weighted by atomic mass is 16.6. The predicted molar refractivity (Wildman–Crippen MR) is 90.5 cm³/mol. The van der Waals surface area contributed by atoms with Gasteiger partial charge in [-0.1, -0.05) is 49.3 Å². The van der Waals surface area contributed by atoms with E-state index in [-0.39, 0.29) is 29.6 Å². The smallest absolute Gasteiger partial charge is 0.271 e. The van der Waals surface area contributed by atoms with E-state index in [2.05, 4.69) is 19.0 Å². The first-order valence-electron chi connectivity index (χ1n) is 8.66. The lowest BCUT2D eigenvalue weighted by atomic mass is 9.56. The molecule has 5 heteroatoms. The first-order chi connectivity index (χ1) is 11.5.